The Morgan fingerprint density at radius 3 is 2.33 bits per heavy atom. The maximum absolute atomic E-state index is 11.7. The molecule has 0 fully saturated rings. The summed E-state index contributed by atoms with van der Waals surface area (Å²) in [5.41, 5.74) is 0.452. The van der Waals surface area contributed by atoms with Gasteiger partial charge >= 0.3 is 0 Å². The first-order valence-corrected chi connectivity index (χ1v) is 5.22. The van der Waals surface area contributed by atoms with Crippen LogP contribution in [0.3, 0.4) is 0 Å². The summed E-state index contributed by atoms with van der Waals surface area (Å²) in [6.07, 6.45) is 3.26. The predicted octanol–water partition coefficient (Wildman–Crippen LogP) is 2.41. The summed E-state index contributed by atoms with van der Waals surface area (Å²) in [7, 11) is 0. The predicted molar refractivity (Wildman–Crippen MR) is 58.7 cm³/mol. The first-order valence-electron chi connectivity index (χ1n) is 4.40. The van der Waals surface area contributed by atoms with Crippen molar-refractivity contribution in [1.29, 1.82) is 0 Å². The molecule has 0 saturated heterocycles. The number of hydrogen-bond donors (Lipinski definition) is 0. The second-order valence-corrected chi connectivity index (χ2v) is 3.77. The molecule has 2 aromatic rings. The molecule has 0 aliphatic heterocycles. The fraction of sp³-hybridized carbons (Fsp3) is 0. The maximum Gasteiger partial charge on any atom is 0.243 e. The Morgan fingerprint density at radius 1 is 1.00 bits per heavy atom. The molecule has 2 rings (SSSR count). The van der Waals surface area contributed by atoms with Gasteiger partial charge in [-0.25, -0.2) is 4.98 Å². The Hall–Kier alpha value is -1.68. The normalized spacial score (nSPS) is 9.87. The van der Waals surface area contributed by atoms with Gasteiger partial charge in [-0.3, -0.25) is 9.78 Å². The largest absolute Gasteiger partial charge is 0.279 e. The fourth-order valence-electron chi connectivity index (χ4n) is 1.04. The zero-order valence-electron chi connectivity index (χ0n) is 7.83. The number of rotatable bonds is 2. The van der Waals surface area contributed by atoms with Crippen molar-refractivity contribution < 1.29 is 4.79 Å². The number of carbonyl (C=O) groups excluding carboxylic acids is 1. The highest BCUT2D eigenvalue weighted by atomic mass is 32.2. The van der Waals surface area contributed by atoms with Crippen LogP contribution in [-0.4, -0.2) is 15.1 Å². The van der Waals surface area contributed by atoms with E-state index < -0.39 is 0 Å². The summed E-state index contributed by atoms with van der Waals surface area (Å²) in [6.45, 7) is 0. The van der Waals surface area contributed by atoms with Crippen molar-refractivity contribution in [2.75, 3.05) is 0 Å². The van der Waals surface area contributed by atoms with E-state index in [1.165, 1.54) is 0 Å². The number of nitrogens with zero attached hydrogens (tertiary/aromatic N) is 2. The van der Waals surface area contributed by atoms with E-state index in [0.717, 1.165) is 11.8 Å². The standard InChI is InChI=1S/C11H8N2OS/c14-11(9-5-1-3-7-12-9)15-10-6-2-4-8-13-10/h1-8H. The van der Waals surface area contributed by atoms with Gasteiger partial charge in [0.25, 0.3) is 0 Å². The summed E-state index contributed by atoms with van der Waals surface area (Å²) in [6, 6.07) is 10.7. The molecule has 0 bridgehead atoms. The first kappa shape index (κ1) is 9.86. The lowest BCUT2D eigenvalue weighted by Gasteiger charge is -1.98. The van der Waals surface area contributed by atoms with Crippen molar-refractivity contribution in [3.63, 3.8) is 0 Å². The molecule has 74 valence electrons. The van der Waals surface area contributed by atoms with Crippen molar-refractivity contribution in [1.82, 2.24) is 9.97 Å². The van der Waals surface area contributed by atoms with Crippen LogP contribution >= 0.6 is 11.8 Å². The highest BCUT2D eigenvalue weighted by Crippen LogP contribution is 2.18. The number of thioether (sulfide) groups is 1. The molecule has 0 atom stereocenters. The molecule has 0 amide bonds. The Labute approximate surface area is 91.6 Å². The molecule has 3 nitrogen and oxygen atoms in total. The Kier molecular flexibility index (Phi) is 3.09. The molecule has 2 aromatic heterocycles. The molecule has 15 heavy (non-hydrogen) atoms. The van der Waals surface area contributed by atoms with E-state index in [0.29, 0.717) is 10.7 Å². The van der Waals surface area contributed by atoms with Crippen LogP contribution in [-0.2, 0) is 0 Å². The SMILES string of the molecule is O=C(Sc1ccccn1)c1ccccn1. The highest BCUT2D eigenvalue weighted by Gasteiger charge is 2.08. The summed E-state index contributed by atoms with van der Waals surface area (Å²) >= 11 is 1.08. The first-order chi connectivity index (χ1) is 7.36. The zero-order valence-corrected chi connectivity index (χ0v) is 8.65. The van der Waals surface area contributed by atoms with Crippen LogP contribution in [0.15, 0.2) is 53.8 Å². The van der Waals surface area contributed by atoms with Crippen LogP contribution < -0.4 is 0 Å². The molecular weight excluding hydrogens is 208 g/mol. The third-order valence-electron chi connectivity index (χ3n) is 1.71. The molecule has 0 N–H and O–H groups in total. The van der Waals surface area contributed by atoms with Gasteiger partial charge in [-0.15, -0.1) is 0 Å². The molecule has 0 unspecified atom stereocenters. The third kappa shape index (κ3) is 2.63. The average molecular weight is 216 g/mol. The second-order valence-electron chi connectivity index (χ2n) is 2.77. The van der Waals surface area contributed by atoms with Crippen molar-refractivity contribution in [3.8, 4) is 0 Å². The van der Waals surface area contributed by atoms with E-state index in [9.17, 15) is 4.79 Å². The molecule has 0 saturated carbocycles. The van der Waals surface area contributed by atoms with Crippen LogP contribution in [0.4, 0.5) is 0 Å². The van der Waals surface area contributed by atoms with Gasteiger partial charge < -0.3 is 0 Å². The van der Waals surface area contributed by atoms with E-state index >= 15 is 0 Å². The second kappa shape index (κ2) is 4.70. The van der Waals surface area contributed by atoms with Crippen molar-refractivity contribution >= 4 is 16.9 Å². The third-order valence-corrected chi connectivity index (χ3v) is 2.55. The topological polar surface area (TPSA) is 42.9 Å². The number of aromatic nitrogens is 2. The summed E-state index contributed by atoms with van der Waals surface area (Å²) < 4.78 is 0. The molecule has 0 aliphatic rings. The van der Waals surface area contributed by atoms with Crippen LogP contribution in [0.5, 0.6) is 0 Å². The summed E-state index contributed by atoms with van der Waals surface area (Å²) in [5, 5.41) is 0.599. The van der Waals surface area contributed by atoms with Gasteiger partial charge in [-0.1, -0.05) is 12.1 Å². The number of pyridine rings is 2. The van der Waals surface area contributed by atoms with Gasteiger partial charge in [-0.2, -0.15) is 0 Å². The van der Waals surface area contributed by atoms with Crippen LogP contribution in [0, 0.1) is 0 Å². The molecule has 4 heteroatoms. The van der Waals surface area contributed by atoms with E-state index in [-0.39, 0.29) is 5.12 Å². The molecule has 2 heterocycles. The fourth-order valence-corrected chi connectivity index (χ4v) is 1.71. The van der Waals surface area contributed by atoms with E-state index in [1.807, 2.05) is 12.1 Å². The summed E-state index contributed by atoms with van der Waals surface area (Å²) in [5.74, 6) is 0. The number of carbonyl (C=O) groups is 1. The van der Waals surface area contributed by atoms with Gasteiger partial charge in [0, 0.05) is 12.4 Å². The lowest BCUT2D eigenvalue weighted by molar-refractivity contribution is 0.108. The Balaban J connectivity index is 2.12. The number of hydrogen-bond acceptors (Lipinski definition) is 4. The van der Waals surface area contributed by atoms with Gasteiger partial charge in [-0.05, 0) is 36.0 Å². The van der Waals surface area contributed by atoms with Crippen molar-refractivity contribution in [2.24, 2.45) is 0 Å². The maximum atomic E-state index is 11.7. The van der Waals surface area contributed by atoms with Crippen LogP contribution in [0.25, 0.3) is 0 Å². The lowest BCUT2D eigenvalue weighted by atomic mass is 10.4. The minimum absolute atomic E-state index is 0.0886. The lowest BCUT2D eigenvalue weighted by Crippen LogP contribution is -1.96. The summed E-state index contributed by atoms with van der Waals surface area (Å²) in [4.78, 5) is 19.7. The molecular formula is C11H8N2OS. The molecule has 0 radical (unpaired) electrons. The quantitative estimate of drug-likeness (QED) is 0.723. The Bertz CT molecular complexity index is 445. The van der Waals surface area contributed by atoms with Gasteiger partial charge in [0.05, 0.1) is 0 Å². The minimum Gasteiger partial charge on any atom is -0.279 e. The van der Waals surface area contributed by atoms with Crippen LogP contribution in [0.1, 0.15) is 10.5 Å². The molecule has 0 spiro atoms. The minimum atomic E-state index is -0.0886. The van der Waals surface area contributed by atoms with Gasteiger partial charge in [0.2, 0.25) is 5.12 Å². The van der Waals surface area contributed by atoms with Crippen LogP contribution in [0.2, 0.25) is 0 Å². The van der Waals surface area contributed by atoms with Crippen molar-refractivity contribution in [3.05, 3.63) is 54.5 Å². The van der Waals surface area contributed by atoms with E-state index in [4.69, 9.17) is 0 Å². The van der Waals surface area contributed by atoms with Gasteiger partial charge in [0.15, 0.2) is 0 Å². The Morgan fingerprint density at radius 2 is 1.73 bits per heavy atom. The monoisotopic (exact) mass is 216 g/mol. The van der Waals surface area contributed by atoms with Gasteiger partial charge in [0.1, 0.15) is 10.7 Å². The van der Waals surface area contributed by atoms with E-state index in [1.54, 1.807) is 36.7 Å². The zero-order chi connectivity index (χ0) is 10.5. The smallest absolute Gasteiger partial charge is 0.243 e. The average Bonchev–Trinajstić information content (AvgIpc) is 2.31. The molecule has 0 aliphatic carbocycles. The highest BCUT2D eigenvalue weighted by molar-refractivity contribution is 8.14. The van der Waals surface area contributed by atoms with Crippen molar-refractivity contribution in [2.45, 2.75) is 5.03 Å². The van der Waals surface area contributed by atoms with E-state index in [2.05, 4.69) is 9.97 Å². The molecule has 0 aromatic carbocycles.